The quantitative estimate of drug-likeness (QED) is 0.582. The first-order valence-corrected chi connectivity index (χ1v) is 10.2. The van der Waals surface area contributed by atoms with E-state index in [0.717, 1.165) is 22.3 Å². The van der Waals surface area contributed by atoms with E-state index >= 15 is 0 Å². The highest BCUT2D eigenvalue weighted by atomic mass is 16.5. The van der Waals surface area contributed by atoms with Crippen LogP contribution in [0.25, 0.3) is 11.1 Å². The van der Waals surface area contributed by atoms with Crippen molar-refractivity contribution >= 4 is 11.9 Å². The van der Waals surface area contributed by atoms with Gasteiger partial charge in [0.15, 0.2) is 0 Å². The Morgan fingerprint density at radius 2 is 1.43 bits per heavy atom. The molecule has 0 radical (unpaired) electrons. The number of carbonyl (C=O) groups is 2. The second-order valence-electron chi connectivity index (χ2n) is 7.82. The maximum atomic E-state index is 13.0. The summed E-state index contributed by atoms with van der Waals surface area (Å²) in [5, 5.41) is 9.65. The van der Waals surface area contributed by atoms with Crippen LogP contribution >= 0.6 is 0 Å². The van der Waals surface area contributed by atoms with Gasteiger partial charge in [0, 0.05) is 5.92 Å². The van der Waals surface area contributed by atoms with Gasteiger partial charge < -0.3 is 9.84 Å². The number of hydrogen-bond acceptors (Lipinski definition) is 3. The Labute approximate surface area is 176 Å². The third-order valence-corrected chi connectivity index (χ3v) is 6.12. The average Bonchev–Trinajstić information content (AvgIpc) is 2.77. The summed E-state index contributed by atoms with van der Waals surface area (Å²) in [5.74, 6) is -2.88. The lowest BCUT2D eigenvalue weighted by Crippen LogP contribution is -2.51. The Kier molecular flexibility index (Phi) is 5.66. The first-order valence-electron chi connectivity index (χ1n) is 10.2. The highest BCUT2D eigenvalue weighted by Crippen LogP contribution is 2.52. The molecule has 1 fully saturated rings. The third-order valence-electron chi connectivity index (χ3n) is 6.12. The average molecular weight is 400 g/mol. The molecule has 1 aliphatic carbocycles. The van der Waals surface area contributed by atoms with Crippen LogP contribution in [-0.2, 0) is 20.9 Å². The molecule has 152 valence electrons. The molecule has 1 saturated carbocycles. The molecule has 3 aromatic rings. The molecule has 1 N–H and O–H groups in total. The molecule has 0 bridgehead atoms. The standard InChI is InChI=1S/C26H24O4/c1-17-22(25(27)28)24(19-12-6-3-7-13-19)23(17)26(29)30-16-20-14-8-9-15-21(20)18-10-4-2-5-11-18/h2-15,17,22-24H,16H2,1H3,(H,27,28)/t17-,22-,23+,24?/m1/s1. The van der Waals surface area contributed by atoms with Gasteiger partial charge in [-0.05, 0) is 28.2 Å². The Morgan fingerprint density at radius 1 is 0.833 bits per heavy atom. The Morgan fingerprint density at radius 3 is 2.10 bits per heavy atom. The molecule has 30 heavy (non-hydrogen) atoms. The number of hydrogen-bond donors (Lipinski definition) is 1. The van der Waals surface area contributed by atoms with Crippen LogP contribution in [0.4, 0.5) is 0 Å². The SMILES string of the molecule is C[C@H]1[C@H](C(=O)OCc2ccccc2-c2ccccc2)C(c2ccccc2)[C@@H]1C(=O)O. The summed E-state index contributed by atoms with van der Waals surface area (Å²) >= 11 is 0. The summed E-state index contributed by atoms with van der Waals surface area (Å²) in [6, 6.07) is 27.2. The summed E-state index contributed by atoms with van der Waals surface area (Å²) < 4.78 is 5.71. The fourth-order valence-corrected chi connectivity index (χ4v) is 4.58. The predicted molar refractivity (Wildman–Crippen MR) is 115 cm³/mol. The van der Waals surface area contributed by atoms with Crippen LogP contribution in [0.15, 0.2) is 84.9 Å². The monoisotopic (exact) mass is 400 g/mol. The second-order valence-corrected chi connectivity index (χ2v) is 7.82. The zero-order valence-corrected chi connectivity index (χ0v) is 16.8. The number of rotatable bonds is 6. The van der Waals surface area contributed by atoms with Crippen molar-refractivity contribution < 1.29 is 19.4 Å². The minimum Gasteiger partial charge on any atom is -0.481 e. The van der Waals surface area contributed by atoms with Crippen LogP contribution in [-0.4, -0.2) is 17.0 Å². The molecule has 0 aliphatic heterocycles. The largest absolute Gasteiger partial charge is 0.481 e. The van der Waals surface area contributed by atoms with E-state index in [1.54, 1.807) is 0 Å². The summed E-state index contributed by atoms with van der Waals surface area (Å²) in [6.07, 6.45) is 0. The van der Waals surface area contributed by atoms with Gasteiger partial charge in [-0.3, -0.25) is 9.59 Å². The highest BCUT2D eigenvalue weighted by molar-refractivity contribution is 5.82. The van der Waals surface area contributed by atoms with E-state index in [9.17, 15) is 14.7 Å². The summed E-state index contributed by atoms with van der Waals surface area (Å²) in [6.45, 7) is 1.98. The fourth-order valence-electron chi connectivity index (χ4n) is 4.58. The lowest BCUT2D eigenvalue weighted by atomic mass is 9.55. The number of carboxylic acid groups (broad SMARTS) is 1. The molecule has 0 saturated heterocycles. The Bertz CT molecular complexity index is 1030. The van der Waals surface area contributed by atoms with Crippen LogP contribution in [0.2, 0.25) is 0 Å². The van der Waals surface area contributed by atoms with Gasteiger partial charge >= 0.3 is 11.9 Å². The molecule has 4 atom stereocenters. The first kappa shape index (κ1) is 19.9. The Balaban J connectivity index is 1.53. The second kappa shape index (κ2) is 8.54. The maximum absolute atomic E-state index is 13.0. The summed E-state index contributed by atoms with van der Waals surface area (Å²) in [4.78, 5) is 24.8. The molecule has 1 unspecified atom stereocenters. The van der Waals surface area contributed by atoms with E-state index in [1.165, 1.54) is 0 Å². The smallest absolute Gasteiger partial charge is 0.310 e. The van der Waals surface area contributed by atoms with Gasteiger partial charge in [0.2, 0.25) is 0 Å². The molecular formula is C26H24O4. The van der Waals surface area contributed by atoms with Crippen molar-refractivity contribution in [3.63, 3.8) is 0 Å². The van der Waals surface area contributed by atoms with Crippen molar-refractivity contribution in [2.24, 2.45) is 17.8 Å². The zero-order valence-electron chi connectivity index (χ0n) is 16.8. The summed E-state index contributed by atoms with van der Waals surface area (Å²) in [7, 11) is 0. The lowest BCUT2D eigenvalue weighted by molar-refractivity contribution is -0.169. The molecule has 1 aliphatic rings. The number of aliphatic carboxylic acids is 1. The number of carbonyl (C=O) groups excluding carboxylic acids is 1. The molecule has 0 amide bonds. The van der Waals surface area contributed by atoms with Crippen molar-refractivity contribution in [3.8, 4) is 11.1 Å². The van der Waals surface area contributed by atoms with E-state index in [4.69, 9.17) is 4.74 Å². The molecule has 3 aromatic carbocycles. The molecule has 4 rings (SSSR count). The maximum Gasteiger partial charge on any atom is 0.310 e. The van der Waals surface area contributed by atoms with Gasteiger partial charge in [-0.25, -0.2) is 0 Å². The fraction of sp³-hybridized carbons (Fsp3) is 0.231. The molecule has 4 nitrogen and oxygen atoms in total. The van der Waals surface area contributed by atoms with Crippen LogP contribution in [0, 0.1) is 17.8 Å². The predicted octanol–water partition coefficient (Wildman–Crippen LogP) is 5.15. The van der Waals surface area contributed by atoms with Crippen molar-refractivity contribution in [2.45, 2.75) is 19.4 Å². The van der Waals surface area contributed by atoms with E-state index in [-0.39, 0.29) is 24.4 Å². The van der Waals surface area contributed by atoms with Crippen LogP contribution in [0.5, 0.6) is 0 Å². The van der Waals surface area contributed by atoms with Gasteiger partial charge in [0.1, 0.15) is 6.61 Å². The molecule has 4 heteroatoms. The highest BCUT2D eigenvalue weighted by Gasteiger charge is 2.56. The first-order chi connectivity index (χ1) is 14.6. The molecular weight excluding hydrogens is 376 g/mol. The zero-order chi connectivity index (χ0) is 21.1. The Hall–Kier alpha value is -3.40. The van der Waals surface area contributed by atoms with Crippen molar-refractivity contribution in [3.05, 3.63) is 96.1 Å². The van der Waals surface area contributed by atoms with Gasteiger partial charge in [-0.15, -0.1) is 0 Å². The van der Waals surface area contributed by atoms with Gasteiger partial charge in [0.25, 0.3) is 0 Å². The number of esters is 1. The number of ether oxygens (including phenoxy) is 1. The minimum atomic E-state index is -0.866. The van der Waals surface area contributed by atoms with Crippen LogP contribution in [0.3, 0.4) is 0 Å². The molecule has 0 spiro atoms. The van der Waals surface area contributed by atoms with Crippen molar-refractivity contribution in [2.75, 3.05) is 0 Å². The number of carboxylic acids is 1. The summed E-state index contributed by atoms with van der Waals surface area (Å²) in [5.41, 5.74) is 3.88. The van der Waals surface area contributed by atoms with E-state index < -0.39 is 17.8 Å². The van der Waals surface area contributed by atoms with E-state index in [0.29, 0.717) is 0 Å². The third kappa shape index (κ3) is 3.73. The topological polar surface area (TPSA) is 63.6 Å². The van der Waals surface area contributed by atoms with Crippen molar-refractivity contribution in [1.29, 1.82) is 0 Å². The van der Waals surface area contributed by atoms with Gasteiger partial charge in [-0.2, -0.15) is 0 Å². The van der Waals surface area contributed by atoms with E-state index in [1.807, 2.05) is 91.9 Å². The van der Waals surface area contributed by atoms with Crippen LogP contribution in [0.1, 0.15) is 24.0 Å². The van der Waals surface area contributed by atoms with E-state index in [2.05, 4.69) is 0 Å². The molecule has 0 aromatic heterocycles. The lowest BCUT2D eigenvalue weighted by Gasteiger charge is -2.47. The van der Waals surface area contributed by atoms with Crippen LogP contribution < -0.4 is 0 Å². The minimum absolute atomic E-state index is 0.159. The van der Waals surface area contributed by atoms with Gasteiger partial charge in [-0.1, -0.05) is 91.9 Å². The van der Waals surface area contributed by atoms with Crippen molar-refractivity contribution in [1.82, 2.24) is 0 Å². The normalized spacial score (nSPS) is 22.7. The van der Waals surface area contributed by atoms with Gasteiger partial charge in [0.05, 0.1) is 11.8 Å². The molecule has 0 heterocycles. The number of benzene rings is 3.